The van der Waals surface area contributed by atoms with Crippen LogP contribution in [0.1, 0.15) is 31.1 Å². The van der Waals surface area contributed by atoms with E-state index >= 15 is 0 Å². The van der Waals surface area contributed by atoms with Gasteiger partial charge in [-0.05, 0) is 24.3 Å². The lowest BCUT2D eigenvalue weighted by Gasteiger charge is -2.34. The molecule has 1 fully saturated rings. The Hall–Kier alpha value is -4.05. The SMILES string of the molecule is COCCNC(=O)c1ccc(F)c2c(C(=O)C(=O)N3CCN(C(=O)c4ccccc4)CC3)c[nH]c12. The number of fused-ring (bicyclic) bond motifs is 1. The summed E-state index contributed by atoms with van der Waals surface area (Å²) in [5, 5.41) is 2.54. The van der Waals surface area contributed by atoms with Gasteiger partial charge in [0.2, 0.25) is 0 Å². The van der Waals surface area contributed by atoms with Gasteiger partial charge >= 0.3 is 0 Å². The van der Waals surface area contributed by atoms with Gasteiger partial charge in [-0.15, -0.1) is 0 Å². The minimum Gasteiger partial charge on any atom is -0.383 e. The monoisotopic (exact) mass is 480 g/mol. The van der Waals surface area contributed by atoms with E-state index in [1.807, 2.05) is 6.07 Å². The van der Waals surface area contributed by atoms with Gasteiger partial charge in [-0.3, -0.25) is 19.2 Å². The number of aromatic amines is 1. The average molecular weight is 480 g/mol. The van der Waals surface area contributed by atoms with E-state index in [1.165, 1.54) is 24.3 Å². The number of piperazine rings is 1. The number of H-pyrrole nitrogens is 1. The molecule has 1 saturated heterocycles. The van der Waals surface area contributed by atoms with Crippen LogP contribution in [0.4, 0.5) is 4.39 Å². The maximum absolute atomic E-state index is 14.7. The molecule has 0 atom stereocenters. The van der Waals surface area contributed by atoms with Gasteiger partial charge in [0.25, 0.3) is 23.5 Å². The van der Waals surface area contributed by atoms with Crippen LogP contribution in [-0.4, -0.2) is 84.7 Å². The number of aromatic nitrogens is 1. The highest BCUT2D eigenvalue weighted by Crippen LogP contribution is 2.26. The predicted octanol–water partition coefficient (Wildman–Crippen LogP) is 1.85. The number of ketones is 1. The maximum atomic E-state index is 14.7. The summed E-state index contributed by atoms with van der Waals surface area (Å²) < 4.78 is 19.6. The fraction of sp³-hybridized carbons (Fsp3) is 0.280. The number of carbonyl (C=O) groups excluding carboxylic acids is 4. The molecule has 1 aromatic heterocycles. The zero-order valence-corrected chi connectivity index (χ0v) is 19.2. The quantitative estimate of drug-likeness (QED) is 0.305. The Morgan fingerprint density at radius 3 is 2.34 bits per heavy atom. The Balaban J connectivity index is 1.48. The Kier molecular flexibility index (Phi) is 7.21. The van der Waals surface area contributed by atoms with Crippen LogP contribution in [0.15, 0.2) is 48.7 Å². The second kappa shape index (κ2) is 10.5. The summed E-state index contributed by atoms with van der Waals surface area (Å²) in [6.45, 7) is 1.49. The first kappa shape index (κ1) is 24.1. The van der Waals surface area contributed by atoms with Crippen LogP contribution in [0, 0.1) is 5.82 Å². The number of nitrogens with zero attached hydrogens (tertiary/aromatic N) is 2. The Labute approximate surface area is 200 Å². The summed E-state index contributed by atoms with van der Waals surface area (Å²) in [4.78, 5) is 56.8. The molecular weight excluding hydrogens is 455 g/mol. The first-order valence-corrected chi connectivity index (χ1v) is 11.2. The molecule has 1 aliphatic rings. The van der Waals surface area contributed by atoms with Crippen LogP contribution in [0.5, 0.6) is 0 Å². The lowest BCUT2D eigenvalue weighted by molar-refractivity contribution is -0.127. The zero-order valence-electron chi connectivity index (χ0n) is 19.2. The van der Waals surface area contributed by atoms with Crippen LogP contribution in [0.25, 0.3) is 10.9 Å². The van der Waals surface area contributed by atoms with Crippen LogP contribution in [0.3, 0.4) is 0 Å². The van der Waals surface area contributed by atoms with E-state index in [2.05, 4.69) is 10.3 Å². The van der Waals surface area contributed by atoms with Crippen molar-refractivity contribution in [2.24, 2.45) is 0 Å². The number of hydrogen-bond acceptors (Lipinski definition) is 5. The summed E-state index contributed by atoms with van der Waals surface area (Å²) in [5.74, 6) is -2.98. The summed E-state index contributed by atoms with van der Waals surface area (Å²) >= 11 is 0. The summed E-state index contributed by atoms with van der Waals surface area (Å²) in [5.41, 5.74) is 0.697. The fourth-order valence-electron chi connectivity index (χ4n) is 4.07. The molecule has 3 amide bonds. The number of carbonyl (C=O) groups is 4. The number of hydrogen-bond donors (Lipinski definition) is 2. The van der Waals surface area contributed by atoms with Crippen LogP contribution in [0.2, 0.25) is 0 Å². The van der Waals surface area contributed by atoms with Crippen molar-refractivity contribution in [3.8, 4) is 0 Å². The van der Waals surface area contributed by atoms with E-state index in [-0.39, 0.29) is 60.7 Å². The van der Waals surface area contributed by atoms with Crippen molar-refractivity contribution in [3.63, 3.8) is 0 Å². The van der Waals surface area contributed by atoms with E-state index in [9.17, 15) is 23.6 Å². The topological polar surface area (TPSA) is 112 Å². The number of ether oxygens (including phenoxy) is 1. The number of amides is 3. The van der Waals surface area contributed by atoms with E-state index in [0.717, 1.165) is 6.07 Å². The summed E-state index contributed by atoms with van der Waals surface area (Å²) in [7, 11) is 1.50. The number of nitrogens with one attached hydrogen (secondary N) is 2. The zero-order chi connectivity index (χ0) is 24.9. The van der Waals surface area contributed by atoms with Gasteiger partial charge in [-0.1, -0.05) is 18.2 Å². The first-order chi connectivity index (χ1) is 16.9. The normalized spacial score (nSPS) is 13.7. The molecule has 9 nitrogen and oxygen atoms in total. The molecule has 0 spiro atoms. The molecule has 35 heavy (non-hydrogen) atoms. The number of halogens is 1. The number of rotatable bonds is 7. The predicted molar refractivity (Wildman–Crippen MR) is 126 cm³/mol. The lowest BCUT2D eigenvalue weighted by atomic mass is 10.0. The van der Waals surface area contributed by atoms with Crippen molar-refractivity contribution >= 4 is 34.4 Å². The third-order valence-electron chi connectivity index (χ3n) is 5.93. The molecule has 2 N–H and O–H groups in total. The minimum atomic E-state index is -0.880. The van der Waals surface area contributed by atoms with Gasteiger partial charge in [0, 0.05) is 57.0 Å². The van der Waals surface area contributed by atoms with Crippen molar-refractivity contribution in [3.05, 3.63) is 71.2 Å². The van der Waals surface area contributed by atoms with Gasteiger partial charge in [-0.2, -0.15) is 0 Å². The third kappa shape index (κ3) is 4.92. The van der Waals surface area contributed by atoms with E-state index < -0.39 is 23.4 Å². The highest BCUT2D eigenvalue weighted by Gasteiger charge is 2.31. The molecule has 4 rings (SSSR count). The molecule has 0 bridgehead atoms. The van der Waals surface area contributed by atoms with Gasteiger partial charge in [0.05, 0.1) is 23.3 Å². The van der Waals surface area contributed by atoms with Crippen molar-refractivity contribution < 1.29 is 28.3 Å². The lowest BCUT2D eigenvalue weighted by Crippen LogP contribution is -2.52. The Morgan fingerprint density at radius 2 is 1.66 bits per heavy atom. The molecule has 10 heteroatoms. The molecule has 3 aromatic rings. The molecule has 0 radical (unpaired) electrons. The van der Waals surface area contributed by atoms with Crippen LogP contribution < -0.4 is 5.32 Å². The highest BCUT2D eigenvalue weighted by molar-refractivity contribution is 6.45. The van der Waals surface area contributed by atoms with Crippen molar-refractivity contribution in [2.45, 2.75) is 0 Å². The minimum absolute atomic E-state index is 0.111. The summed E-state index contributed by atoms with van der Waals surface area (Å²) in [6.07, 6.45) is 1.25. The van der Waals surface area contributed by atoms with Crippen LogP contribution in [-0.2, 0) is 9.53 Å². The van der Waals surface area contributed by atoms with Crippen molar-refractivity contribution in [1.82, 2.24) is 20.1 Å². The summed E-state index contributed by atoms with van der Waals surface area (Å²) in [6, 6.07) is 11.2. The van der Waals surface area contributed by atoms with Gasteiger partial charge in [-0.25, -0.2) is 4.39 Å². The van der Waals surface area contributed by atoms with Gasteiger partial charge < -0.3 is 24.8 Å². The Bertz CT molecular complexity index is 1270. The Morgan fingerprint density at radius 1 is 0.971 bits per heavy atom. The molecule has 0 aliphatic carbocycles. The fourth-order valence-corrected chi connectivity index (χ4v) is 4.07. The number of Topliss-reactive ketones (excluding diaryl/α,β-unsaturated/α-hetero) is 1. The largest absolute Gasteiger partial charge is 0.383 e. The van der Waals surface area contributed by atoms with Gasteiger partial charge in [0.1, 0.15) is 5.82 Å². The molecule has 2 heterocycles. The molecule has 0 unspecified atom stereocenters. The van der Waals surface area contributed by atoms with Crippen LogP contribution >= 0.6 is 0 Å². The van der Waals surface area contributed by atoms with E-state index in [4.69, 9.17) is 4.74 Å². The van der Waals surface area contributed by atoms with Gasteiger partial charge in [0.15, 0.2) is 0 Å². The molecule has 182 valence electrons. The highest BCUT2D eigenvalue weighted by atomic mass is 19.1. The van der Waals surface area contributed by atoms with E-state index in [0.29, 0.717) is 12.2 Å². The first-order valence-electron chi connectivity index (χ1n) is 11.2. The second-order valence-corrected chi connectivity index (χ2v) is 8.08. The number of benzene rings is 2. The third-order valence-corrected chi connectivity index (χ3v) is 5.93. The van der Waals surface area contributed by atoms with Crippen molar-refractivity contribution in [1.29, 1.82) is 0 Å². The molecule has 1 aliphatic heterocycles. The molecular formula is C25H25FN4O5. The molecule has 0 saturated carbocycles. The molecule has 2 aromatic carbocycles. The maximum Gasteiger partial charge on any atom is 0.295 e. The van der Waals surface area contributed by atoms with E-state index in [1.54, 1.807) is 29.2 Å². The van der Waals surface area contributed by atoms with Crippen molar-refractivity contribution in [2.75, 3.05) is 46.4 Å². The standard InChI is InChI=1S/C25H25FN4O5/c1-35-14-9-27-23(32)17-7-8-19(26)20-18(15-28-21(17)20)22(31)25(34)30-12-10-29(11-13-30)24(33)16-5-3-2-4-6-16/h2-8,15,28H,9-14H2,1H3,(H,27,32). The number of methoxy groups -OCH3 is 1. The second-order valence-electron chi connectivity index (χ2n) is 8.08. The average Bonchev–Trinajstić information content (AvgIpc) is 3.34. The smallest absolute Gasteiger partial charge is 0.295 e.